The van der Waals surface area contributed by atoms with Crippen LogP contribution in [-0.4, -0.2) is 47.2 Å². The summed E-state index contributed by atoms with van der Waals surface area (Å²) >= 11 is 1.39. The maximum atomic E-state index is 13.3. The van der Waals surface area contributed by atoms with E-state index in [0.29, 0.717) is 12.2 Å². The molecule has 0 spiro atoms. The van der Waals surface area contributed by atoms with E-state index in [-0.39, 0.29) is 24.3 Å². The largest absolute Gasteiger partial charge is 0.497 e. The second-order valence-electron chi connectivity index (χ2n) is 9.30. The number of esters is 1. The van der Waals surface area contributed by atoms with Crippen LogP contribution in [0.4, 0.5) is 0 Å². The summed E-state index contributed by atoms with van der Waals surface area (Å²) in [6, 6.07) is 21.6. The number of benzene rings is 3. The predicted molar refractivity (Wildman–Crippen MR) is 151 cm³/mol. The zero-order chi connectivity index (χ0) is 27.4. The molecule has 8 nitrogen and oxygen atoms in total. The third kappa shape index (κ3) is 5.98. The minimum atomic E-state index is -0.459. The highest BCUT2D eigenvalue weighted by Crippen LogP contribution is 2.34. The Labute approximate surface area is 230 Å². The van der Waals surface area contributed by atoms with E-state index in [1.807, 2.05) is 56.3 Å². The summed E-state index contributed by atoms with van der Waals surface area (Å²) in [5.41, 5.74) is 4.46. The monoisotopic (exact) mass is 543 g/mol. The summed E-state index contributed by atoms with van der Waals surface area (Å²) in [6.45, 7) is 3.33. The van der Waals surface area contributed by atoms with Gasteiger partial charge in [-0.3, -0.25) is 9.59 Å². The molecule has 5 rings (SSSR count). The topological polar surface area (TPSA) is 94.2 Å². The van der Waals surface area contributed by atoms with Gasteiger partial charge in [0, 0.05) is 17.7 Å². The molecule has 1 aliphatic heterocycles. The molecule has 1 atom stereocenters. The van der Waals surface area contributed by atoms with Crippen molar-refractivity contribution in [3.05, 3.63) is 94.9 Å². The minimum Gasteiger partial charge on any atom is -0.497 e. The van der Waals surface area contributed by atoms with Gasteiger partial charge < -0.3 is 14.0 Å². The van der Waals surface area contributed by atoms with Gasteiger partial charge in [-0.2, -0.15) is 5.10 Å². The molecule has 200 valence electrons. The molecule has 0 saturated carbocycles. The fourth-order valence-electron chi connectivity index (χ4n) is 4.56. The van der Waals surface area contributed by atoms with Crippen LogP contribution in [0.25, 0.3) is 10.8 Å². The lowest BCUT2D eigenvalue weighted by molar-refractivity contribution is -0.150. The number of hydrazone groups is 1. The van der Waals surface area contributed by atoms with Crippen molar-refractivity contribution in [3.8, 4) is 5.75 Å². The van der Waals surface area contributed by atoms with E-state index >= 15 is 0 Å². The molecule has 0 saturated heterocycles. The highest BCUT2D eigenvalue weighted by Gasteiger charge is 2.33. The third-order valence-corrected chi connectivity index (χ3v) is 7.69. The van der Waals surface area contributed by atoms with Crippen LogP contribution in [0.3, 0.4) is 0 Å². The molecule has 1 aromatic heterocycles. The normalized spacial score (nSPS) is 14.9. The Hall–Kier alpha value is -4.11. The van der Waals surface area contributed by atoms with Gasteiger partial charge in [-0.1, -0.05) is 53.7 Å². The maximum absolute atomic E-state index is 13.3. The van der Waals surface area contributed by atoms with Crippen LogP contribution < -0.4 is 4.74 Å². The van der Waals surface area contributed by atoms with Crippen LogP contribution in [0.1, 0.15) is 40.6 Å². The van der Waals surface area contributed by atoms with Gasteiger partial charge in [-0.25, -0.2) is 5.01 Å². The molecule has 1 amide bonds. The molecule has 39 heavy (non-hydrogen) atoms. The number of thioether (sulfide) groups is 1. The number of carbonyl (C=O) groups excluding carboxylic acids is 2. The Morgan fingerprint density at radius 1 is 1.05 bits per heavy atom. The van der Waals surface area contributed by atoms with E-state index in [2.05, 4.69) is 29.4 Å². The van der Waals surface area contributed by atoms with Gasteiger partial charge in [0.05, 0.1) is 30.3 Å². The lowest BCUT2D eigenvalue weighted by atomic mass is 9.97. The average Bonchev–Trinajstić information content (AvgIpc) is 3.55. The maximum Gasteiger partial charge on any atom is 0.316 e. The predicted octanol–water partition coefficient (Wildman–Crippen LogP) is 5.61. The van der Waals surface area contributed by atoms with Gasteiger partial charge in [0.1, 0.15) is 11.5 Å². The second kappa shape index (κ2) is 11.7. The molecular weight excluding hydrogens is 514 g/mol. The van der Waals surface area contributed by atoms with Gasteiger partial charge in [0.15, 0.2) is 6.61 Å². The number of aromatic nitrogens is 1. The molecule has 0 fully saturated rings. The molecule has 2 heterocycles. The zero-order valence-electron chi connectivity index (χ0n) is 22.0. The molecule has 9 heteroatoms. The van der Waals surface area contributed by atoms with Crippen molar-refractivity contribution in [2.75, 3.05) is 19.5 Å². The second-order valence-corrected chi connectivity index (χ2v) is 10.3. The van der Waals surface area contributed by atoms with Gasteiger partial charge in [0.25, 0.3) is 5.91 Å². The molecule has 0 N–H and O–H groups in total. The van der Waals surface area contributed by atoms with Gasteiger partial charge >= 0.3 is 5.97 Å². The molecule has 4 aromatic rings. The Bertz CT molecular complexity index is 1510. The quantitative estimate of drug-likeness (QED) is 0.253. The summed E-state index contributed by atoms with van der Waals surface area (Å²) in [7, 11) is 1.61. The number of ether oxygens (including phenoxy) is 2. The van der Waals surface area contributed by atoms with E-state index in [4.69, 9.17) is 19.1 Å². The Morgan fingerprint density at radius 3 is 2.54 bits per heavy atom. The molecule has 1 aliphatic rings. The van der Waals surface area contributed by atoms with E-state index in [9.17, 15) is 9.59 Å². The average molecular weight is 544 g/mol. The summed E-state index contributed by atoms with van der Waals surface area (Å²) in [6.07, 6.45) is 0.539. The van der Waals surface area contributed by atoms with E-state index in [1.54, 1.807) is 7.11 Å². The molecule has 0 aliphatic carbocycles. The van der Waals surface area contributed by atoms with Crippen LogP contribution in [0, 0.1) is 13.8 Å². The van der Waals surface area contributed by atoms with Crippen molar-refractivity contribution < 1.29 is 23.6 Å². The first-order valence-electron chi connectivity index (χ1n) is 12.6. The molecule has 0 bridgehead atoms. The highest BCUT2D eigenvalue weighted by molar-refractivity contribution is 7.99. The Morgan fingerprint density at radius 2 is 1.82 bits per heavy atom. The summed E-state index contributed by atoms with van der Waals surface area (Å²) in [4.78, 5) is 25.7. The summed E-state index contributed by atoms with van der Waals surface area (Å²) in [5.74, 6) is 1.32. The van der Waals surface area contributed by atoms with Crippen LogP contribution >= 0.6 is 11.8 Å². The van der Waals surface area contributed by atoms with E-state index < -0.39 is 5.97 Å². The first-order chi connectivity index (χ1) is 18.9. The van der Waals surface area contributed by atoms with Gasteiger partial charge in [0.2, 0.25) is 0 Å². The van der Waals surface area contributed by atoms with Crippen molar-refractivity contribution in [3.63, 3.8) is 0 Å². The minimum absolute atomic E-state index is 0.116. The van der Waals surface area contributed by atoms with Crippen LogP contribution in [0.5, 0.6) is 5.75 Å². The fourth-order valence-corrected chi connectivity index (χ4v) is 5.53. The van der Waals surface area contributed by atoms with E-state index in [0.717, 1.165) is 50.4 Å². The first kappa shape index (κ1) is 26.5. The standard InChI is InChI=1S/C30H29N3O5S/c1-19-26(20(2)38-32-19)17-39-18-30(35)37-16-29(34)33-28(22-10-12-25(36-3)13-11-22)15-27(31-33)24-9-8-21-6-4-5-7-23(21)14-24/h4-14,28H,15-18H2,1-3H3. The first-order valence-corrected chi connectivity index (χ1v) is 13.8. The summed E-state index contributed by atoms with van der Waals surface area (Å²) in [5, 5.41) is 12.3. The van der Waals surface area contributed by atoms with Gasteiger partial charge in [-0.05, 0) is 53.9 Å². The number of methoxy groups -OCH3 is 1. The van der Waals surface area contributed by atoms with Crippen LogP contribution in [-0.2, 0) is 20.1 Å². The summed E-state index contributed by atoms with van der Waals surface area (Å²) < 4.78 is 15.8. The number of hydrogen-bond donors (Lipinski definition) is 0. The fraction of sp³-hybridized carbons (Fsp3) is 0.267. The SMILES string of the molecule is COc1ccc(C2CC(c3ccc4ccccc4c3)=NN2C(=O)COC(=O)CSCc2c(C)noc2C)cc1. The number of fused-ring (bicyclic) bond motifs is 1. The van der Waals surface area contributed by atoms with Crippen molar-refractivity contribution in [1.82, 2.24) is 10.2 Å². The van der Waals surface area contributed by atoms with Crippen molar-refractivity contribution in [2.24, 2.45) is 5.10 Å². The molecular formula is C30H29N3O5S. The number of rotatable bonds is 9. The Kier molecular flexibility index (Phi) is 7.97. The van der Waals surface area contributed by atoms with Crippen molar-refractivity contribution in [1.29, 1.82) is 0 Å². The highest BCUT2D eigenvalue weighted by atomic mass is 32.2. The lowest BCUT2D eigenvalue weighted by Crippen LogP contribution is -2.31. The van der Waals surface area contributed by atoms with E-state index in [1.165, 1.54) is 16.8 Å². The number of amides is 1. The zero-order valence-corrected chi connectivity index (χ0v) is 22.9. The Balaban J connectivity index is 1.28. The van der Waals surface area contributed by atoms with Crippen molar-refractivity contribution in [2.45, 2.75) is 32.1 Å². The molecule has 1 unspecified atom stereocenters. The van der Waals surface area contributed by atoms with Crippen LogP contribution in [0.15, 0.2) is 76.4 Å². The van der Waals surface area contributed by atoms with Crippen molar-refractivity contribution >= 4 is 40.1 Å². The van der Waals surface area contributed by atoms with Gasteiger partial charge in [-0.15, -0.1) is 11.8 Å². The number of aryl methyl sites for hydroxylation is 2. The number of hydrogen-bond acceptors (Lipinski definition) is 8. The van der Waals surface area contributed by atoms with Crippen LogP contribution in [0.2, 0.25) is 0 Å². The number of carbonyl (C=O) groups is 2. The molecule has 3 aromatic carbocycles. The number of nitrogens with zero attached hydrogens (tertiary/aromatic N) is 3. The lowest BCUT2D eigenvalue weighted by Gasteiger charge is -2.22. The third-order valence-electron chi connectivity index (χ3n) is 6.75. The smallest absolute Gasteiger partial charge is 0.316 e. The molecule has 0 radical (unpaired) electrons.